The molecule has 16 heavy (non-hydrogen) atoms. The number of carbonyl (C=O) groups excluding carboxylic acids is 1. The molecule has 5 heteroatoms. The van der Waals surface area contributed by atoms with Gasteiger partial charge in [-0.3, -0.25) is 0 Å². The van der Waals surface area contributed by atoms with Gasteiger partial charge in [0.15, 0.2) is 0 Å². The van der Waals surface area contributed by atoms with Crippen LogP contribution in [0.2, 0.25) is 0 Å². The maximum absolute atomic E-state index is 11.7. The highest BCUT2D eigenvalue weighted by Gasteiger charge is 2.71. The number of carbonyl (C=O) groups is 1. The van der Waals surface area contributed by atoms with Crippen molar-refractivity contribution in [3.8, 4) is 0 Å². The summed E-state index contributed by atoms with van der Waals surface area (Å²) in [6.07, 6.45) is 0.515. The number of amides is 1. The quantitative estimate of drug-likeness (QED) is 0.677. The lowest BCUT2D eigenvalue weighted by molar-refractivity contribution is -0.0129. The molecule has 1 aliphatic carbocycles. The third-order valence-corrected chi connectivity index (χ3v) is 3.51. The molecule has 2 aliphatic rings. The molecular weight excluding hydrogens is 208 g/mol. The molecule has 92 valence electrons. The molecule has 1 unspecified atom stereocenters. The van der Waals surface area contributed by atoms with Crippen LogP contribution < -0.4 is 5.73 Å². The van der Waals surface area contributed by atoms with Gasteiger partial charge in [-0.25, -0.2) is 4.79 Å². The minimum Gasteiger partial charge on any atom is -0.444 e. The predicted molar refractivity (Wildman–Crippen MR) is 58.9 cm³/mol. The summed E-state index contributed by atoms with van der Waals surface area (Å²) < 4.78 is 5.25. The molecule has 1 amide bonds. The molecule has 1 saturated heterocycles. The first-order valence-electron chi connectivity index (χ1n) is 5.59. The fourth-order valence-electron chi connectivity index (χ4n) is 2.35. The largest absolute Gasteiger partial charge is 0.444 e. The van der Waals surface area contributed by atoms with Crippen molar-refractivity contribution >= 4 is 6.09 Å². The van der Waals surface area contributed by atoms with E-state index >= 15 is 0 Å². The van der Waals surface area contributed by atoms with Crippen LogP contribution in [-0.4, -0.2) is 46.9 Å². The van der Waals surface area contributed by atoms with Crippen LogP contribution in [0.1, 0.15) is 27.2 Å². The summed E-state index contributed by atoms with van der Waals surface area (Å²) in [5.74, 6) is 0. The standard InChI is InChI=1S/C11H20N2O3/c1-9(2,3)16-8(15)13-5-10(6-13)4-11(10,12)7-14/h14H,4-7,12H2,1-3H3. The number of hydrogen-bond acceptors (Lipinski definition) is 4. The number of nitrogens with zero attached hydrogens (tertiary/aromatic N) is 1. The van der Waals surface area contributed by atoms with Crippen molar-refractivity contribution < 1.29 is 14.6 Å². The summed E-state index contributed by atoms with van der Waals surface area (Å²) in [6.45, 7) is 6.75. The summed E-state index contributed by atoms with van der Waals surface area (Å²) in [5, 5.41) is 9.12. The summed E-state index contributed by atoms with van der Waals surface area (Å²) in [5.41, 5.74) is 4.98. The lowest BCUT2D eigenvalue weighted by Crippen LogP contribution is -2.58. The fraction of sp³-hybridized carbons (Fsp3) is 0.909. The Labute approximate surface area is 95.5 Å². The van der Waals surface area contributed by atoms with E-state index in [0.717, 1.165) is 6.42 Å². The highest BCUT2D eigenvalue weighted by atomic mass is 16.6. The van der Waals surface area contributed by atoms with Gasteiger partial charge < -0.3 is 20.5 Å². The first-order valence-corrected chi connectivity index (χ1v) is 5.59. The molecule has 1 saturated carbocycles. The van der Waals surface area contributed by atoms with Gasteiger partial charge in [0.05, 0.1) is 6.61 Å². The maximum Gasteiger partial charge on any atom is 0.410 e. The molecule has 5 nitrogen and oxygen atoms in total. The van der Waals surface area contributed by atoms with Crippen molar-refractivity contribution in [1.29, 1.82) is 0 Å². The molecule has 0 bridgehead atoms. The number of hydrogen-bond donors (Lipinski definition) is 2. The zero-order valence-corrected chi connectivity index (χ0v) is 10.1. The highest BCUT2D eigenvalue weighted by molar-refractivity contribution is 5.70. The van der Waals surface area contributed by atoms with Crippen molar-refractivity contribution in [3.05, 3.63) is 0 Å². The number of rotatable bonds is 1. The van der Waals surface area contributed by atoms with Crippen LogP contribution in [0.15, 0.2) is 0 Å². The Bertz CT molecular complexity index is 318. The summed E-state index contributed by atoms with van der Waals surface area (Å²) in [7, 11) is 0. The van der Waals surface area contributed by atoms with Crippen LogP contribution in [0.4, 0.5) is 4.79 Å². The van der Waals surface area contributed by atoms with Gasteiger partial charge in [0, 0.05) is 24.0 Å². The molecule has 0 aromatic heterocycles. The van der Waals surface area contributed by atoms with Crippen molar-refractivity contribution in [1.82, 2.24) is 4.90 Å². The topological polar surface area (TPSA) is 75.8 Å². The van der Waals surface area contributed by atoms with E-state index in [1.165, 1.54) is 0 Å². The molecule has 1 aliphatic heterocycles. The van der Waals surface area contributed by atoms with E-state index in [0.29, 0.717) is 13.1 Å². The van der Waals surface area contributed by atoms with E-state index in [1.807, 2.05) is 20.8 Å². The SMILES string of the molecule is CC(C)(C)OC(=O)N1CC2(C1)CC2(N)CO. The average molecular weight is 228 g/mol. The Morgan fingerprint density at radius 3 is 2.44 bits per heavy atom. The summed E-state index contributed by atoms with van der Waals surface area (Å²) in [6, 6.07) is 0. The summed E-state index contributed by atoms with van der Waals surface area (Å²) >= 11 is 0. The number of likely N-dealkylation sites (tertiary alicyclic amines) is 1. The van der Waals surface area contributed by atoms with Crippen LogP contribution in [0.25, 0.3) is 0 Å². The van der Waals surface area contributed by atoms with Crippen molar-refractivity contribution in [3.63, 3.8) is 0 Å². The Morgan fingerprint density at radius 1 is 1.50 bits per heavy atom. The van der Waals surface area contributed by atoms with Crippen LogP contribution in [0.3, 0.4) is 0 Å². The third-order valence-electron chi connectivity index (χ3n) is 3.51. The average Bonchev–Trinajstić information content (AvgIpc) is 2.67. The van der Waals surface area contributed by atoms with Gasteiger partial charge in [0.1, 0.15) is 5.60 Å². The molecule has 1 atom stereocenters. The van der Waals surface area contributed by atoms with Gasteiger partial charge in [0.2, 0.25) is 0 Å². The second-order valence-corrected chi connectivity index (χ2v) is 6.11. The van der Waals surface area contributed by atoms with Crippen LogP contribution in [0.5, 0.6) is 0 Å². The molecule has 2 rings (SSSR count). The molecular formula is C11H20N2O3. The van der Waals surface area contributed by atoms with Gasteiger partial charge in [0.25, 0.3) is 0 Å². The zero-order valence-electron chi connectivity index (χ0n) is 10.1. The van der Waals surface area contributed by atoms with Crippen molar-refractivity contribution in [2.45, 2.75) is 38.3 Å². The van der Waals surface area contributed by atoms with E-state index in [4.69, 9.17) is 15.6 Å². The van der Waals surface area contributed by atoms with Crippen LogP contribution in [-0.2, 0) is 4.74 Å². The molecule has 1 spiro atoms. The molecule has 2 fully saturated rings. The second-order valence-electron chi connectivity index (χ2n) is 6.11. The number of aliphatic hydroxyl groups is 1. The normalized spacial score (nSPS) is 31.2. The summed E-state index contributed by atoms with van der Waals surface area (Å²) in [4.78, 5) is 13.3. The van der Waals surface area contributed by atoms with E-state index < -0.39 is 11.1 Å². The molecule has 0 radical (unpaired) electrons. The van der Waals surface area contributed by atoms with Crippen LogP contribution >= 0.6 is 0 Å². The maximum atomic E-state index is 11.7. The molecule has 1 heterocycles. The van der Waals surface area contributed by atoms with E-state index in [2.05, 4.69) is 0 Å². The van der Waals surface area contributed by atoms with E-state index in [9.17, 15) is 4.79 Å². The first-order chi connectivity index (χ1) is 7.21. The van der Waals surface area contributed by atoms with Crippen LogP contribution in [0, 0.1) is 5.41 Å². The predicted octanol–water partition coefficient (Wildman–Crippen LogP) is 0.317. The molecule has 3 N–H and O–H groups in total. The lowest BCUT2D eigenvalue weighted by Gasteiger charge is -2.42. The minimum absolute atomic E-state index is 0.00480. The van der Waals surface area contributed by atoms with E-state index in [1.54, 1.807) is 4.90 Å². The molecule has 0 aromatic rings. The van der Waals surface area contributed by atoms with Gasteiger partial charge in [-0.05, 0) is 27.2 Å². The zero-order chi connectivity index (χ0) is 12.2. The Hall–Kier alpha value is -0.810. The molecule has 0 aromatic carbocycles. The van der Waals surface area contributed by atoms with Gasteiger partial charge in [-0.2, -0.15) is 0 Å². The van der Waals surface area contributed by atoms with Crippen molar-refractivity contribution in [2.75, 3.05) is 19.7 Å². The fourth-order valence-corrected chi connectivity index (χ4v) is 2.35. The van der Waals surface area contributed by atoms with Crippen molar-refractivity contribution in [2.24, 2.45) is 11.1 Å². The Balaban J connectivity index is 1.84. The van der Waals surface area contributed by atoms with Gasteiger partial charge >= 0.3 is 6.09 Å². The first kappa shape index (κ1) is 11.7. The Morgan fingerprint density at radius 2 is 2.06 bits per heavy atom. The highest BCUT2D eigenvalue weighted by Crippen LogP contribution is 2.59. The van der Waals surface area contributed by atoms with Gasteiger partial charge in [-0.15, -0.1) is 0 Å². The van der Waals surface area contributed by atoms with E-state index in [-0.39, 0.29) is 18.1 Å². The van der Waals surface area contributed by atoms with Gasteiger partial charge in [-0.1, -0.05) is 0 Å². The number of nitrogens with two attached hydrogens (primary N) is 1. The number of aliphatic hydroxyl groups excluding tert-OH is 1. The number of ether oxygens (including phenoxy) is 1. The smallest absolute Gasteiger partial charge is 0.410 e. The lowest BCUT2D eigenvalue weighted by atomic mass is 9.91. The second kappa shape index (κ2) is 3.11. The third kappa shape index (κ3) is 1.68. The Kier molecular flexibility index (Phi) is 2.27. The minimum atomic E-state index is -0.467. The monoisotopic (exact) mass is 228 g/mol.